The van der Waals surface area contributed by atoms with E-state index in [1.807, 2.05) is 24.3 Å². The van der Waals surface area contributed by atoms with E-state index >= 15 is 0 Å². The summed E-state index contributed by atoms with van der Waals surface area (Å²) in [5.41, 5.74) is 6.21. The summed E-state index contributed by atoms with van der Waals surface area (Å²) in [5.74, 6) is -1.64. The molecule has 0 aliphatic rings. The highest BCUT2D eigenvalue weighted by atomic mass is 16.5. The van der Waals surface area contributed by atoms with Crippen molar-refractivity contribution >= 4 is 17.8 Å². The number of carbonyl (C=O) groups is 3. The van der Waals surface area contributed by atoms with Crippen LogP contribution in [0.25, 0.3) is 0 Å². The van der Waals surface area contributed by atoms with Gasteiger partial charge in [0.1, 0.15) is 0 Å². The molecule has 0 saturated heterocycles. The van der Waals surface area contributed by atoms with E-state index in [0.29, 0.717) is 5.56 Å². The molecule has 2 aromatic rings. The third kappa shape index (κ3) is 5.24. The minimum absolute atomic E-state index is 0.101. The van der Waals surface area contributed by atoms with Crippen LogP contribution in [-0.2, 0) is 14.3 Å². The van der Waals surface area contributed by atoms with Crippen LogP contribution in [0, 0.1) is 0 Å². The van der Waals surface area contributed by atoms with Gasteiger partial charge in [0.2, 0.25) is 0 Å². The maximum Gasteiger partial charge on any atom is 0.308 e. The summed E-state index contributed by atoms with van der Waals surface area (Å²) in [6, 6.07) is 17.2. The van der Waals surface area contributed by atoms with E-state index in [1.54, 1.807) is 36.4 Å². The molecule has 6 heteroatoms. The Morgan fingerprint density at radius 1 is 0.958 bits per heavy atom. The Morgan fingerprint density at radius 2 is 1.54 bits per heavy atom. The number of carbonyl (C=O) groups excluding carboxylic acids is 3. The quantitative estimate of drug-likeness (QED) is 0.755. The standard InChI is InChI=1S/C18H18N2O4/c19-16(21)12-24-17(22)11-15(13-7-3-1-4-8-13)20-18(23)14-9-5-2-6-10-14/h1-10,15H,11-12H2,(H2,19,21)(H,20,23). The Kier molecular flexibility index (Phi) is 6.08. The van der Waals surface area contributed by atoms with Crippen molar-refractivity contribution in [2.24, 2.45) is 5.73 Å². The number of benzene rings is 2. The molecule has 0 aliphatic heterocycles. The molecule has 0 bridgehead atoms. The average molecular weight is 326 g/mol. The summed E-state index contributed by atoms with van der Waals surface area (Å²) in [7, 11) is 0. The van der Waals surface area contributed by atoms with Gasteiger partial charge in [0.05, 0.1) is 12.5 Å². The van der Waals surface area contributed by atoms with Gasteiger partial charge in [0, 0.05) is 5.56 Å². The molecule has 24 heavy (non-hydrogen) atoms. The summed E-state index contributed by atoms with van der Waals surface area (Å²) in [4.78, 5) is 34.9. The van der Waals surface area contributed by atoms with Crippen molar-refractivity contribution in [3.8, 4) is 0 Å². The van der Waals surface area contributed by atoms with Crippen LogP contribution in [0.15, 0.2) is 60.7 Å². The number of nitrogens with two attached hydrogens (primary N) is 1. The molecule has 0 aromatic heterocycles. The topological polar surface area (TPSA) is 98.5 Å². The second-order valence-electron chi connectivity index (χ2n) is 5.13. The van der Waals surface area contributed by atoms with Gasteiger partial charge >= 0.3 is 5.97 Å². The van der Waals surface area contributed by atoms with Crippen molar-refractivity contribution in [1.82, 2.24) is 5.32 Å². The van der Waals surface area contributed by atoms with E-state index in [4.69, 9.17) is 10.5 Å². The molecule has 3 N–H and O–H groups in total. The first-order chi connectivity index (χ1) is 11.6. The number of hydrogen-bond acceptors (Lipinski definition) is 4. The van der Waals surface area contributed by atoms with Gasteiger partial charge in [-0.1, -0.05) is 48.5 Å². The number of nitrogens with one attached hydrogen (secondary N) is 1. The largest absolute Gasteiger partial charge is 0.456 e. The Morgan fingerprint density at radius 3 is 2.12 bits per heavy atom. The lowest BCUT2D eigenvalue weighted by Gasteiger charge is -2.18. The molecule has 0 aliphatic carbocycles. The van der Waals surface area contributed by atoms with Gasteiger partial charge in [-0.15, -0.1) is 0 Å². The minimum atomic E-state index is -0.729. The molecular weight excluding hydrogens is 308 g/mol. The molecule has 0 heterocycles. The van der Waals surface area contributed by atoms with Crippen molar-refractivity contribution in [1.29, 1.82) is 0 Å². The molecule has 2 amide bonds. The van der Waals surface area contributed by atoms with Gasteiger partial charge < -0.3 is 15.8 Å². The number of ether oxygens (including phenoxy) is 1. The molecule has 2 rings (SSSR count). The zero-order valence-corrected chi connectivity index (χ0v) is 13.0. The fourth-order valence-corrected chi connectivity index (χ4v) is 2.15. The summed E-state index contributed by atoms with van der Waals surface area (Å²) in [6.45, 7) is -0.479. The fourth-order valence-electron chi connectivity index (χ4n) is 2.15. The van der Waals surface area contributed by atoms with Crippen LogP contribution in [0.2, 0.25) is 0 Å². The molecule has 0 saturated carbocycles. The Hall–Kier alpha value is -3.15. The number of hydrogen-bond donors (Lipinski definition) is 2. The van der Waals surface area contributed by atoms with E-state index < -0.39 is 24.5 Å². The maximum absolute atomic E-state index is 12.3. The van der Waals surface area contributed by atoms with E-state index in [-0.39, 0.29) is 12.3 Å². The summed E-state index contributed by atoms with van der Waals surface area (Å²) in [5, 5.41) is 2.81. The van der Waals surface area contributed by atoms with E-state index in [0.717, 1.165) is 5.56 Å². The lowest BCUT2D eigenvalue weighted by atomic mass is 10.0. The lowest BCUT2D eigenvalue weighted by molar-refractivity contribution is -0.148. The van der Waals surface area contributed by atoms with Gasteiger partial charge in [-0.2, -0.15) is 0 Å². The molecule has 2 aromatic carbocycles. The summed E-state index contributed by atoms with van der Waals surface area (Å²) in [6.07, 6.45) is -0.101. The monoisotopic (exact) mass is 326 g/mol. The van der Waals surface area contributed by atoms with Gasteiger partial charge in [0.15, 0.2) is 6.61 Å². The fraction of sp³-hybridized carbons (Fsp3) is 0.167. The SMILES string of the molecule is NC(=O)COC(=O)CC(NC(=O)c1ccccc1)c1ccccc1. The molecule has 0 spiro atoms. The van der Waals surface area contributed by atoms with E-state index in [2.05, 4.69) is 5.32 Å². The summed E-state index contributed by atoms with van der Waals surface area (Å²) < 4.78 is 4.78. The van der Waals surface area contributed by atoms with Crippen molar-refractivity contribution in [2.45, 2.75) is 12.5 Å². The minimum Gasteiger partial charge on any atom is -0.456 e. The predicted molar refractivity (Wildman–Crippen MR) is 87.9 cm³/mol. The highest BCUT2D eigenvalue weighted by Gasteiger charge is 2.20. The summed E-state index contributed by atoms with van der Waals surface area (Å²) >= 11 is 0. The van der Waals surface area contributed by atoms with Crippen LogP contribution in [0.5, 0.6) is 0 Å². The molecule has 1 atom stereocenters. The first kappa shape index (κ1) is 17.2. The van der Waals surface area contributed by atoms with Crippen LogP contribution in [0.3, 0.4) is 0 Å². The molecule has 1 unspecified atom stereocenters. The lowest BCUT2D eigenvalue weighted by Crippen LogP contribution is -2.31. The second-order valence-corrected chi connectivity index (χ2v) is 5.13. The maximum atomic E-state index is 12.3. The number of rotatable bonds is 7. The highest BCUT2D eigenvalue weighted by molar-refractivity contribution is 5.94. The van der Waals surface area contributed by atoms with Crippen molar-refractivity contribution in [3.63, 3.8) is 0 Å². The molecular formula is C18H18N2O4. The van der Waals surface area contributed by atoms with Crippen LogP contribution in [-0.4, -0.2) is 24.4 Å². The van der Waals surface area contributed by atoms with Crippen LogP contribution in [0.4, 0.5) is 0 Å². The number of amides is 2. The van der Waals surface area contributed by atoms with E-state index in [9.17, 15) is 14.4 Å². The third-order valence-electron chi connectivity index (χ3n) is 3.29. The van der Waals surface area contributed by atoms with Gasteiger partial charge in [-0.25, -0.2) is 0 Å². The predicted octanol–water partition coefficient (Wildman–Crippen LogP) is 1.58. The molecule has 0 radical (unpaired) electrons. The smallest absolute Gasteiger partial charge is 0.308 e. The Bertz CT molecular complexity index is 701. The van der Waals surface area contributed by atoms with Gasteiger partial charge in [0.25, 0.3) is 11.8 Å². The van der Waals surface area contributed by atoms with Crippen molar-refractivity contribution < 1.29 is 19.1 Å². The average Bonchev–Trinajstić information content (AvgIpc) is 2.61. The zero-order valence-electron chi connectivity index (χ0n) is 13.0. The first-order valence-electron chi connectivity index (χ1n) is 7.41. The normalized spacial score (nSPS) is 11.3. The zero-order chi connectivity index (χ0) is 17.4. The van der Waals surface area contributed by atoms with Gasteiger partial charge in [-0.3, -0.25) is 14.4 Å². The van der Waals surface area contributed by atoms with Crippen LogP contribution >= 0.6 is 0 Å². The van der Waals surface area contributed by atoms with Crippen molar-refractivity contribution in [2.75, 3.05) is 6.61 Å². The number of esters is 1. The number of primary amides is 1. The highest BCUT2D eigenvalue weighted by Crippen LogP contribution is 2.18. The van der Waals surface area contributed by atoms with E-state index in [1.165, 1.54) is 0 Å². The molecule has 0 fully saturated rings. The Labute approximate surface area is 139 Å². The third-order valence-corrected chi connectivity index (χ3v) is 3.29. The van der Waals surface area contributed by atoms with Crippen molar-refractivity contribution in [3.05, 3.63) is 71.8 Å². The van der Waals surface area contributed by atoms with Gasteiger partial charge in [-0.05, 0) is 17.7 Å². The second kappa shape index (κ2) is 8.47. The first-order valence-corrected chi connectivity index (χ1v) is 7.41. The molecule has 124 valence electrons. The molecule has 6 nitrogen and oxygen atoms in total. The van der Waals surface area contributed by atoms with Crippen LogP contribution < -0.4 is 11.1 Å². The van der Waals surface area contributed by atoms with Crippen LogP contribution in [0.1, 0.15) is 28.4 Å². The Balaban J connectivity index is 2.10.